The van der Waals surface area contributed by atoms with Gasteiger partial charge in [0.15, 0.2) is 6.20 Å². The first-order chi connectivity index (χ1) is 12.2. The molecule has 0 radical (unpaired) electrons. The minimum absolute atomic E-state index is 0.0175. The van der Waals surface area contributed by atoms with Crippen LogP contribution in [0, 0.1) is 16.5 Å². The van der Waals surface area contributed by atoms with Crippen LogP contribution in [-0.2, 0) is 0 Å². The quantitative estimate of drug-likeness (QED) is 0.584. The lowest BCUT2D eigenvalue weighted by atomic mass is 10.2. The van der Waals surface area contributed by atoms with Gasteiger partial charge in [-0.05, 0) is 30.3 Å². The Morgan fingerprint density at radius 2 is 2.08 bits per heavy atom. The molecular formula is C18H12N4O3. The normalized spacial score (nSPS) is 9.88. The number of hydrogen-bond donors (Lipinski definition) is 1. The van der Waals surface area contributed by atoms with E-state index in [9.17, 15) is 10.0 Å². The summed E-state index contributed by atoms with van der Waals surface area (Å²) in [5.41, 5.74) is 0.887. The van der Waals surface area contributed by atoms with Gasteiger partial charge < -0.3 is 15.3 Å². The molecule has 3 rings (SSSR count). The number of nitrogens with one attached hydrogen (secondary N) is 1. The highest BCUT2D eigenvalue weighted by Gasteiger charge is 2.15. The molecule has 0 spiro atoms. The highest BCUT2D eigenvalue weighted by Crippen LogP contribution is 2.21. The molecule has 1 N–H and O–H groups in total. The van der Waals surface area contributed by atoms with Gasteiger partial charge in [-0.1, -0.05) is 6.07 Å². The predicted octanol–water partition coefficient (Wildman–Crippen LogP) is 2.63. The average molecular weight is 332 g/mol. The summed E-state index contributed by atoms with van der Waals surface area (Å²) in [5.74, 6) is 0.263. The summed E-state index contributed by atoms with van der Waals surface area (Å²) < 4.78 is 6.04. The number of carbonyl (C=O) groups is 1. The van der Waals surface area contributed by atoms with Crippen molar-refractivity contribution in [2.45, 2.75) is 0 Å². The molecule has 7 nitrogen and oxygen atoms in total. The number of aromatic nitrogens is 2. The standard InChI is InChI=1S/C18H12N4O3/c19-11-13-4-3-5-15(10-13)25-17-8-7-14(12-20-17)21-18(23)16-6-1-2-9-22(16)24/h1-10,12H,(H,21,23). The van der Waals surface area contributed by atoms with E-state index >= 15 is 0 Å². The molecule has 0 atom stereocenters. The van der Waals surface area contributed by atoms with Crippen LogP contribution >= 0.6 is 0 Å². The SMILES string of the molecule is N#Cc1cccc(Oc2ccc(NC(=O)c3cccc[n+]3[O-])cn2)c1. The molecule has 0 aliphatic rings. The van der Waals surface area contributed by atoms with Crippen molar-refractivity contribution in [3.05, 3.63) is 83.5 Å². The Labute approximate surface area is 143 Å². The molecule has 0 saturated carbocycles. The molecule has 0 fully saturated rings. The molecule has 3 aromatic rings. The molecule has 0 aliphatic heterocycles. The van der Waals surface area contributed by atoms with Gasteiger partial charge in [-0.15, -0.1) is 0 Å². The third kappa shape index (κ3) is 3.89. The van der Waals surface area contributed by atoms with E-state index in [1.807, 2.05) is 6.07 Å². The van der Waals surface area contributed by atoms with Crippen molar-refractivity contribution in [2.75, 3.05) is 5.32 Å². The van der Waals surface area contributed by atoms with Gasteiger partial charge in [0.2, 0.25) is 5.88 Å². The lowest BCUT2D eigenvalue weighted by Gasteiger charge is -2.07. The zero-order valence-corrected chi connectivity index (χ0v) is 12.9. The number of amides is 1. The first-order valence-electron chi connectivity index (χ1n) is 7.29. The maximum atomic E-state index is 12.1. The Kier molecular flexibility index (Phi) is 4.53. The molecule has 7 heteroatoms. The Hall–Kier alpha value is -3.92. The van der Waals surface area contributed by atoms with Crippen molar-refractivity contribution in [3.63, 3.8) is 0 Å². The van der Waals surface area contributed by atoms with Crippen LogP contribution in [-0.4, -0.2) is 10.9 Å². The van der Waals surface area contributed by atoms with Crippen molar-refractivity contribution in [1.82, 2.24) is 4.98 Å². The molecule has 122 valence electrons. The van der Waals surface area contributed by atoms with Crippen LogP contribution in [0.2, 0.25) is 0 Å². The molecule has 1 aromatic carbocycles. The minimum Gasteiger partial charge on any atom is -0.618 e. The fourth-order valence-electron chi connectivity index (χ4n) is 2.06. The van der Waals surface area contributed by atoms with Crippen LogP contribution in [0.5, 0.6) is 11.6 Å². The van der Waals surface area contributed by atoms with Gasteiger partial charge in [-0.3, -0.25) is 4.79 Å². The Morgan fingerprint density at radius 3 is 2.80 bits per heavy atom. The van der Waals surface area contributed by atoms with Crippen LogP contribution in [0.15, 0.2) is 67.0 Å². The van der Waals surface area contributed by atoms with E-state index in [0.29, 0.717) is 27.6 Å². The number of ether oxygens (including phenoxy) is 1. The van der Waals surface area contributed by atoms with E-state index in [1.165, 1.54) is 18.5 Å². The number of anilines is 1. The van der Waals surface area contributed by atoms with E-state index < -0.39 is 5.91 Å². The van der Waals surface area contributed by atoms with E-state index in [1.54, 1.807) is 48.5 Å². The number of nitrogens with zero attached hydrogens (tertiary/aromatic N) is 3. The summed E-state index contributed by atoms with van der Waals surface area (Å²) in [5, 5.41) is 23.0. The molecule has 2 aromatic heterocycles. The van der Waals surface area contributed by atoms with Gasteiger partial charge in [0.1, 0.15) is 5.75 Å². The van der Waals surface area contributed by atoms with E-state index in [4.69, 9.17) is 10.00 Å². The largest absolute Gasteiger partial charge is 0.618 e. The lowest BCUT2D eigenvalue weighted by molar-refractivity contribution is -0.607. The molecule has 2 heterocycles. The molecule has 0 aliphatic carbocycles. The molecule has 1 amide bonds. The molecule has 0 bridgehead atoms. The maximum Gasteiger partial charge on any atom is 0.321 e. The first-order valence-corrected chi connectivity index (χ1v) is 7.29. The van der Waals surface area contributed by atoms with Gasteiger partial charge >= 0.3 is 5.91 Å². The fraction of sp³-hybridized carbons (Fsp3) is 0. The van der Waals surface area contributed by atoms with Crippen LogP contribution in [0.4, 0.5) is 5.69 Å². The van der Waals surface area contributed by atoms with Crippen molar-refractivity contribution in [2.24, 2.45) is 0 Å². The van der Waals surface area contributed by atoms with Crippen LogP contribution in [0.1, 0.15) is 16.1 Å². The highest BCUT2D eigenvalue weighted by molar-refractivity contribution is 6.01. The predicted molar refractivity (Wildman–Crippen MR) is 88.8 cm³/mol. The summed E-state index contributed by atoms with van der Waals surface area (Å²) >= 11 is 0. The van der Waals surface area contributed by atoms with Crippen LogP contribution in [0.3, 0.4) is 0 Å². The summed E-state index contributed by atoms with van der Waals surface area (Å²) in [6.07, 6.45) is 2.67. The number of carbonyl (C=O) groups excluding carboxylic acids is 1. The Balaban J connectivity index is 1.69. The van der Waals surface area contributed by atoms with Gasteiger partial charge in [0.05, 0.1) is 23.5 Å². The van der Waals surface area contributed by atoms with E-state index in [2.05, 4.69) is 10.3 Å². The van der Waals surface area contributed by atoms with Crippen molar-refractivity contribution < 1.29 is 14.3 Å². The maximum absolute atomic E-state index is 12.1. The lowest BCUT2D eigenvalue weighted by Crippen LogP contribution is -2.36. The fourth-order valence-corrected chi connectivity index (χ4v) is 2.06. The second-order valence-corrected chi connectivity index (χ2v) is 4.99. The topological polar surface area (TPSA) is 102 Å². The van der Waals surface area contributed by atoms with Gasteiger partial charge in [-0.25, -0.2) is 4.98 Å². The monoisotopic (exact) mass is 332 g/mol. The zero-order valence-electron chi connectivity index (χ0n) is 12.9. The van der Waals surface area contributed by atoms with Gasteiger partial charge in [-0.2, -0.15) is 9.99 Å². The average Bonchev–Trinajstić information content (AvgIpc) is 2.64. The molecule has 0 saturated heterocycles. The van der Waals surface area contributed by atoms with Crippen LogP contribution < -0.4 is 14.8 Å². The third-order valence-electron chi connectivity index (χ3n) is 3.24. The molecule has 0 unspecified atom stereocenters. The highest BCUT2D eigenvalue weighted by atomic mass is 16.5. The number of nitriles is 1. The summed E-state index contributed by atoms with van der Waals surface area (Å²) in [7, 11) is 0. The molecule has 25 heavy (non-hydrogen) atoms. The van der Waals surface area contributed by atoms with Gasteiger partial charge in [0.25, 0.3) is 5.69 Å². The number of rotatable bonds is 4. The Morgan fingerprint density at radius 1 is 1.20 bits per heavy atom. The first kappa shape index (κ1) is 16.0. The van der Waals surface area contributed by atoms with E-state index in [0.717, 1.165) is 0 Å². The number of pyridine rings is 2. The zero-order chi connectivity index (χ0) is 17.6. The Bertz CT molecular complexity index is 949. The molecular weight excluding hydrogens is 320 g/mol. The van der Waals surface area contributed by atoms with Crippen molar-refractivity contribution in [3.8, 4) is 17.7 Å². The van der Waals surface area contributed by atoms with E-state index in [-0.39, 0.29) is 5.69 Å². The van der Waals surface area contributed by atoms with Crippen molar-refractivity contribution in [1.29, 1.82) is 5.26 Å². The number of hydrogen-bond acceptors (Lipinski definition) is 5. The number of benzene rings is 1. The summed E-state index contributed by atoms with van der Waals surface area (Å²) in [6.45, 7) is 0. The summed E-state index contributed by atoms with van der Waals surface area (Å²) in [4.78, 5) is 16.2. The smallest absolute Gasteiger partial charge is 0.321 e. The second-order valence-electron chi connectivity index (χ2n) is 4.99. The second kappa shape index (κ2) is 7.10. The van der Waals surface area contributed by atoms with Crippen molar-refractivity contribution >= 4 is 11.6 Å². The minimum atomic E-state index is -0.534. The summed E-state index contributed by atoms with van der Waals surface area (Å²) in [6, 6.07) is 16.5. The van der Waals surface area contributed by atoms with Gasteiger partial charge in [0, 0.05) is 18.2 Å². The third-order valence-corrected chi connectivity index (χ3v) is 3.24. The van der Waals surface area contributed by atoms with Crippen LogP contribution in [0.25, 0.3) is 0 Å².